The maximum absolute atomic E-state index is 12.1. The Bertz CT molecular complexity index is 565. The maximum atomic E-state index is 12.1. The normalized spacial score (nSPS) is 10.5. The summed E-state index contributed by atoms with van der Waals surface area (Å²) in [6, 6.07) is 8.90. The average Bonchev–Trinajstić information content (AvgIpc) is 2.67. The van der Waals surface area contributed by atoms with E-state index in [-0.39, 0.29) is 5.78 Å². The Labute approximate surface area is 121 Å². The topological polar surface area (TPSA) is 17.1 Å². The highest BCUT2D eigenvalue weighted by atomic mass is 79.9. The van der Waals surface area contributed by atoms with Crippen LogP contribution in [0.5, 0.6) is 0 Å². The van der Waals surface area contributed by atoms with Crippen molar-refractivity contribution in [1.82, 2.24) is 0 Å². The molecule has 0 amide bonds. The van der Waals surface area contributed by atoms with Gasteiger partial charge in [0.15, 0.2) is 5.78 Å². The monoisotopic (exact) mass is 348 g/mol. The molecule has 0 saturated carbocycles. The molecule has 0 aliphatic carbocycles. The second kappa shape index (κ2) is 5.53. The van der Waals surface area contributed by atoms with Crippen LogP contribution in [-0.4, -0.2) is 5.78 Å². The standard InChI is InChI=1S/C12H7BrCl2OS/c13-7-1-3-10(14)9(5-7)11(16)6-8-2-4-12(15)17-8/h1-5H,6H2. The van der Waals surface area contributed by atoms with Crippen molar-refractivity contribution in [2.75, 3.05) is 0 Å². The molecule has 0 radical (unpaired) electrons. The highest BCUT2D eigenvalue weighted by Gasteiger charge is 2.12. The van der Waals surface area contributed by atoms with Gasteiger partial charge in [-0.3, -0.25) is 4.79 Å². The first kappa shape index (κ1) is 13.1. The summed E-state index contributed by atoms with van der Waals surface area (Å²) >= 11 is 16.6. The van der Waals surface area contributed by atoms with Gasteiger partial charge in [-0.05, 0) is 30.3 Å². The molecule has 88 valence electrons. The van der Waals surface area contributed by atoms with E-state index in [4.69, 9.17) is 23.2 Å². The van der Waals surface area contributed by atoms with Gasteiger partial charge in [0.25, 0.3) is 0 Å². The molecule has 0 unspecified atom stereocenters. The first-order valence-corrected chi connectivity index (χ1v) is 7.15. The fraction of sp³-hybridized carbons (Fsp3) is 0.0833. The highest BCUT2D eigenvalue weighted by Crippen LogP contribution is 2.26. The molecule has 1 heterocycles. The fourth-order valence-corrected chi connectivity index (χ4v) is 3.08. The number of ketones is 1. The van der Waals surface area contributed by atoms with Crippen LogP contribution in [0.3, 0.4) is 0 Å². The summed E-state index contributed by atoms with van der Waals surface area (Å²) in [6.07, 6.45) is 0.327. The van der Waals surface area contributed by atoms with E-state index in [1.807, 2.05) is 6.07 Å². The van der Waals surface area contributed by atoms with Gasteiger partial charge < -0.3 is 0 Å². The molecule has 0 bridgehead atoms. The van der Waals surface area contributed by atoms with Gasteiger partial charge in [0.2, 0.25) is 0 Å². The third-order valence-electron chi connectivity index (χ3n) is 2.19. The first-order chi connectivity index (χ1) is 8.06. The maximum Gasteiger partial charge on any atom is 0.169 e. The van der Waals surface area contributed by atoms with Crippen LogP contribution in [0.2, 0.25) is 9.36 Å². The molecule has 0 spiro atoms. The van der Waals surface area contributed by atoms with Crippen molar-refractivity contribution in [3.05, 3.63) is 54.6 Å². The summed E-state index contributed by atoms with van der Waals surface area (Å²) in [5, 5.41) is 0.473. The number of thiophene rings is 1. The molecule has 1 aromatic carbocycles. The molecular weight excluding hydrogens is 343 g/mol. The van der Waals surface area contributed by atoms with Crippen LogP contribution in [0.25, 0.3) is 0 Å². The molecule has 0 atom stereocenters. The molecule has 0 N–H and O–H groups in total. The molecule has 0 aliphatic heterocycles. The SMILES string of the molecule is O=C(Cc1ccc(Cl)s1)c1cc(Br)ccc1Cl. The number of carbonyl (C=O) groups excluding carboxylic acids is 1. The van der Waals surface area contributed by atoms with Crippen molar-refractivity contribution in [1.29, 1.82) is 0 Å². The van der Waals surface area contributed by atoms with Crippen LogP contribution in [0.1, 0.15) is 15.2 Å². The lowest BCUT2D eigenvalue weighted by atomic mass is 10.1. The van der Waals surface area contributed by atoms with Crippen molar-refractivity contribution >= 4 is 56.3 Å². The van der Waals surface area contributed by atoms with Crippen molar-refractivity contribution in [2.24, 2.45) is 0 Å². The zero-order chi connectivity index (χ0) is 12.4. The lowest BCUT2D eigenvalue weighted by Crippen LogP contribution is -2.03. The van der Waals surface area contributed by atoms with Gasteiger partial charge in [-0.2, -0.15) is 0 Å². The molecule has 0 fully saturated rings. The number of hydrogen-bond acceptors (Lipinski definition) is 2. The Kier molecular flexibility index (Phi) is 4.26. The zero-order valence-electron chi connectivity index (χ0n) is 8.54. The predicted octanol–water partition coefficient (Wildman–Crippen LogP) is 5.24. The van der Waals surface area contributed by atoms with E-state index in [1.165, 1.54) is 11.3 Å². The number of benzene rings is 1. The van der Waals surface area contributed by atoms with Crippen molar-refractivity contribution in [3.8, 4) is 0 Å². The number of halogens is 3. The average molecular weight is 350 g/mol. The van der Waals surface area contributed by atoms with Crippen molar-refractivity contribution in [3.63, 3.8) is 0 Å². The number of rotatable bonds is 3. The van der Waals surface area contributed by atoms with Crippen molar-refractivity contribution < 1.29 is 4.79 Å². The second-order valence-corrected chi connectivity index (χ2v) is 6.55. The summed E-state index contributed by atoms with van der Waals surface area (Å²) in [7, 11) is 0. The summed E-state index contributed by atoms with van der Waals surface area (Å²) in [6.45, 7) is 0. The zero-order valence-corrected chi connectivity index (χ0v) is 12.5. The smallest absolute Gasteiger partial charge is 0.169 e. The van der Waals surface area contributed by atoms with Gasteiger partial charge in [0.1, 0.15) is 0 Å². The predicted molar refractivity (Wildman–Crippen MR) is 76.5 cm³/mol. The number of carbonyl (C=O) groups is 1. The Hall–Kier alpha value is -0.350. The molecular formula is C12H7BrCl2OS. The van der Waals surface area contributed by atoms with E-state index in [1.54, 1.807) is 24.3 Å². The van der Waals surface area contributed by atoms with Crippen LogP contribution in [-0.2, 0) is 6.42 Å². The molecule has 2 aromatic rings. The number of hydrogen-bond donors (Lipinski definition) is 0. The molecule has 0 aliphatic rings. The molecule has 1 nitrogen and oxygen atoms in total. The van der Waals surface area contributed by atoms with E-state index in [0.29, 0.717) is 21.3 Å². The van der Waals surface area contributed by atoms with Crippen molar-refractivity contribution in [2.45, 2.75) is 6.42 Å². The summed E-state index contributed by atoms with van der Waals surface area (Å²) in [5.41, 5.74) is 0.533. The highest BCUT2D eigenvalue weighted by molar-refractivity contribution is 9.10. The van der Waals surface area contributed by atoms with Crippen LogP contribution in [0, 0.1) is 0 Å². The molecule has 5 heteroatoms. The van der Waals surface area contributed by atoms with Gasteiger partial charge in [0.05, 0.1) is 9.36 Å². The van der Waals surface area contributed by atoms with E-state index >= 15 is 0 Å². The lowest BCUT2D eigenvalue weighted by Gasteiger charge is -2.03. The van der Waals surface area contributed by atoms with E-state index in [0.717, 1.165) is 9.35 Å². The first-order valence-electron chi connectivity index (χ1n) is 4.79. The molecule has 17 heavy (non-hydrogen) atoms. The van der Waals surface area contributed by atoms with Crippen LogP contribution < -0.4 is 0 Å². The largest absolute Gasteiger partial charge is 0.294 e. The molecule has 0 saturated heterocycles. The minimum absolute atomic E-state index is 0.00480. The van der Waals surface area contributed by atoms with E-state index in [2.05, 4.69) is 15.9 Å². The van der Waals surface area contributed by atoms with Gasteiger partial charge in [-0.25, -0.2) is 0 Å². The quantitative estimate of drug-likeness (QED) is 0.692. The molecule has 2 rings (SSSR count). The van der Waals surface area contributed by atoms with E-state index in [9.17, 15) is 4.79 Å². The van der Waals surface area contributed by atoms with E-state index < -0.39 is 0 Å². The van der Waals surface area contributed by atoms with Gasteiger partial charge in [0, 0.05) is 21.3 Å². The van der Waals surface area contributed by atoms with Gasteiger partial charge >= 0.3 is 0 Å². The van der Waals surface area contributed by atoms with Crippen LogP contribution >= 0.6 is 50.5 Å². The minimum Gasteiger partial charge on any atom is -0.294 e. The van der Waals surface area contributed by atoms with Crippen LogP contribution in [0.15, 0.2) is 34.8 Å². The summed E-state index contributed by atoms with van der Waals surface area (Å²) in [5.74, 6) is -0.00480. The van der Waals surface area contributed by atoms with Crippen LogP contribution in [0.4, 0.5) is 0 Å². The summed E-state index contributed by atoms with van der Waals surface area (Å²) < 4.78 is 1.53. The Morgan fingerprint density at radius 2 is 2.00 bits per heavy atom. The van der Waals surface area contributed by atoms with Gasteiger partial charge in [-0.1, -0.05) is 39.1 Å². The van der Waals surface area contributed by atoms with Gasteiger partial charge in [-0.15, -0.1) is 11.3 Å². The fourth-order valence-electron chi connectivity index (χ4n) is 1.41. The summed E-state index contributed by atoms with van der Waals surface area (Å²) in [4.78, 5) is 13.0. The Morgan fingerprint density at radius 3 is 2.65 bits per heavy atom. The third-order valence-corrected chi connectivity index (χ3v) is 4.25. The Balaban J connectivity index is 2.22. The number of Topliss-reactive ketones (excluding diaryl/α,β-unsaturated/α-hetero) is 1. The second-order valence-electron chi connectivity index (χ2n) is 3.43. The molecule has 1 aromatic heterocycles. The minimum atomic E-state index is -0.00480. The Morgan fingerprint density at radius 1 is 1.24 bits per heavy atom. The third kappa shape index (κ3) is 3.32. The lowest BCUT2D eigenvalue weighted by molar-refractivity contribution is 0.0994.